The summed E-state index contributed by atoms with van der Waals surface area (Å²) >= 11 is 0. The van der Waals surface area contributed by atoms with E-state index in [9.17, 15) is 14.4 Å². The zero-order chi connectivity index (χ0) is 24.1. The lowest BCUT2D eigenvalue weighted by Crippen LogP contribution is -2.53. The fourth-order valence-electron chi connectivity index (χ4n) is 4.63. The second-order valence-corrected chi connectivity index (χ2v) is 8.47. The molecule has 3 aromatic rings. The lowest BCUT2D eigenvalue weighted by Gasteiger charge is -2.42. The Morgan fingerprint density at radius 3 is 2.03 bits per heavy atom. The smallest absolute Gasteiger partial charge is 0.251 e. The molecule has 0 bridgehead atoms. The predicted octanol–water partition coefficient (Wildman–Crippen LogP) is 3.61. The first kappa shape index (κ1) is 23.2. The van der Waals surface area contributed by atoms with Crippen molar-refractivity contribution in [2.75, 3.05) is 26.7 Å². The molecule has 4 rings (SSSR count). The first-order valence-corrected chi connectivity index (χ1v) is 11.5. The van der Waals surface area contributed by atoms with Crippen molar-refractivity contribution in [1.82, 2.24) is 15.1 Å². The summed E-state index contributed by atoms with van der Waals surface area (Å²) in [6.45, 7) is 2.81. The molecule has 1 saturated heterocycles. The van der Waals surface area contributed by atoms with E-state index >= 15 is 0 Å². The lowest BCUT2D eigenvalue weighted by atomic mass is 9.89. The molecule has 1 N–H and O–H groups in total. The fraction of sp³-hybridized carbons (Fsp3) is 0.250. The quantitative estimate of drug-likeness (QED) is 0.639. The molecular weight excluding hydrogens is 426 g/mol. The van der Waals surface area contributed by atoms with Gasteiger partial charge in [0.1, 0.15) is 0 Å². The Bertz CT molecular complexity index is 1120. The molecule has 3 amide bonds. The van der Waals surface area contributed by atoms with E-state index in [1.54, 1.807) is 31.0 Å². The summed E-state index contributed by atoms with van der Waals surface area (Å²) in [6, 6.07) is 26.5. The summed E-state index contributed by atoms with van der Waals surface area (Å²) in [7, 11) is 1.59. The Balaban J connectivity index is 1.67. The van der Waals surface area contributed by atoms with Gasteiger partial charge < -0.3 is 15.1 Å². The largest absolute Gasteiger partial charge is 0.355 e. The van der Waals surface area contributed by atoms with Crippen LogP contribution in [-0.4, -0.2) is 54.2 Å². The van der Waals surface area contributed by atoms with Gasteiger partial charge in [-0.1, -0.05) is 72.8 Å². The molecule has 1 atom stereocenters. The summed E-state index contributed by atoms with van der Waals surface area (Å²) < 4.78 is 0. The van der Waals surface area contributed by atoms with Crippen molar-refractivity contribution >= 4 is 17.7 Å². The van der Waals surface area contributed by atoms with Gasteiger partial charge in [0.25, 0.3) is 5.91 Å². The summed E-state index contributed by atoms with van der Waals surface area (Å²) in [5, 5.41) is 2.64. The second kappa shape index (κ2) is 10.3. The van der Waals surface area contributed by atoms with E-state index in [0.29, 0.717) is 25.2 Å². The molecule has 0 saturated carbocycles. The van der Waals surface area contributed by atoms with Crippen LogP contribution in [-0.2, 0) is 9.59 Å². The van der Waals surface area contributed by atoms with E-state index in [2.05, 4.69) is 5.32 Å². The normalized spacial score (nSPS) is 15.8. The second-order valence-electron chi connectivity index (χ2n) is 8.47. The molecular formula is C28H29N3O3. The molecule has 3 aromatic carbocycles. The van der Waals surface area contributed by atoms with Gasteiger partial charge in [-0.3, -0.25) is 14.4 Å². The van der Waals surface area contributed by atoms with Crippen molar-refractivity contribution in [1.29, 1.82) is 0 Å². The summed E-state index contributed by atoms with van der Waals surface area (Å²) in [4.78, 5) is 42.2. The minimum absolute atomic E-state index is 0.00746. The molecule has 0 unspecified atom stereocenters. The van der Waals surface area contributed by atoms with Crippen LogP contribution >= 0.6 is 0 Å². The number of amides is 3. The van der Waals surface area contributed by atoms with Gasteiger partial charge in [0, 0.05) is 39.2 Å². The fourth-order valence-corrected chi connectivity index (χ4v) is 4.63. The average Bonchev–Trinajstić information content (AvgIpc) is 2.89. The number of nitrogens with zero attached hydrogens (tertiary/aromatic N) is 2. The predicted molar refractivity (Wildman–Crippen MR) is 131 cm³/mol. The van der Waals surface area contributed by atoms with E-state index < -0.39 is 5.92 Å². The maximum atomic E-state index is 13.9. The number of piperazine rings is 1. The highest BCUT2D eigenvalue weighted by Crippen LogP contribution is 2.31. The van der Waals surface area contributed by atoms with Crippen molar-refractivity contribution in [3.63, 3.8) is 0 Å². The van der Waals surface area contributed by atoms with Crippen molar-refractivity contribution in [3.8, 4) is 0 Å². The summed E-state index contributed by atoms with van der Waals surface area (Å²) in [6.07, 6.45) is 0. The van der Waals surface area contributed by atoms with E-state index in [4.69, 9.17) is 0 Å². The molecule has 1 aliphatic rings. The van der Waals surface area contributed by atoms with Gasteiger partial charge in [-0.2, -0.15) is 0 Å². The van der Waals surface area contributed by atoms with Crippen LogP contribution in [0.25, 0.3) is 0 Å². The van der Waals surface area contributed by atoms with E-state index in [-0.39, 0.29) is 23.8 Å². The zero-order valence-corrected chi connectivity index (χ0v) is 19.5. The van der Waals surface area contributed by atoms with Crippen molar-refractivity contribution in [3.05, 3.63) is 107 Å². The molecule has 174 valence electrons. The number of carbonyl (C=O) groups excluding carboxylic acids is 3. The SMILES string of the molecule is CNC(=O)c1cccc([C@H]2CN(C(=O)C(c3ccccc3)c3ccccc3)CCN2C(C)=O)c1. The zero-order valence-electron chi connectivity index (χ0n) is 19.5. The van der Waals surface area contributed by atoms with Gasteiger partial charge in [0.2, 0.25) is 11.8 Å². The standard InChI is InChI=1S/C28H29N3O3/c1-20(32)31-17-16-30(19-25(31)23-14-9-15-24(18-23)27(33)29-2)28(34)26(21-10-5-3-6-11-21)22-12-7-4-8-13-22/h3-15,18,25-26H,16-17,19H2,1-2H3,(H,29,33)/t25-/m1/s1. The van der Waals surface area contributed by atoms with Gasteiger partial charge in [-0.05, 0) is 28.8 Å². The van der Waals surface area contributed by atoms with Crippen LogP contribution in [0.4, 0.5) is 0 Å². The maximum absolute atomic E-state index is 13.9. The highest BCUT2D eigenvalue weighted by atomic mass is 16.2. The summed E-state index contributed by atoms with van der Waals surface area (Å²) in [5.41, 5.74) is 3.24. The minimum atomic E-state index is -0.427. The molecule has 0 spiro atoms. The number of nitrogens with one attached hydrogen (secondary N) is 1. The van der Waals surface area contributed by atoms with Crippen LogP contribution in [0.1, 0.15) is 45.9 Å². The van der Waals surface area contributed by atoms with E-state index in [0.717, 1.165) is 16.7 Å². The number of benzene rings is 3. The maximum Gasteiger partial charge on any atom is 0.251 e. The number of carbonyl (C=O) groups is 3. The van der Waals surface area contributed by atoms with Crippen LogP contribution in [0.3, 0.4) is 0 Å². The van der Waals surface area contributed by atoms with Gasteiger partial charge in [0.05, 0.1) is 12.0 Å². The Morgan fingerprint density at radius 1 is 0.853 bits per heavy atom. The van der Waals surface area contributed by atoms with Crippen molar-refractivity contribution < 1.29 is 14.4 Å². The van der Waals surface area contributed by atoms with Crippen molar-refractivity contribution in [2.45, 2.75) is 18.9 Å². The Labute approximate surface area is 200 Å². The molecule has 0 aromatic heterocycles. The third-order valence-electron chi connectivity index (χ3n) is 6.37. The van der Waals surface area contributed by atoms with Gasteiger partial charge in [0.15, 0.2) is 0 Å². The third kappa shape index (κ3) is 4.86. The Kier molecular flexibility index (Phi) is 7.07. The lowest BCUT2D eigenvalue weighted by molar-refractivity contribution is -0.142. The van der Waals surface area contributed by atoms with Gasteiger partial charge in [-0.15, -0.1) is 0 Å². The van der Waals surface area contributed by atoms with Crippen molar-refractivity contribution in [2.24, 2.45) is 0 Å². The van der Waals surface area contributed by atoms with E-state index in [1.807, 2.05) is 77.7 Å². The summed E-state index contributed by atoms with van der Waals surface area (Å²) in [5.74, 6) is -0.657. The third-order valence-corrected chi connectivity index (χ3v) is 6.37. The molecule has 1 fully saturated rings. The Morgan fingerprint density at radius 2 is 1.47 bits per heavy atom. The molecule has 0 radical (unpaired) electrons. The Hall–Kier alpha value is -3.93. The first-order valence-electron chi connectivity index (χ1n) is 11.5. The number of rotatable bonds is 5. The monoisotopic (exact) mass is 455 g/mol. The topological polar surface area (TPSA) is 69.7 Å². The molecule has 1 heterocycles. The van der Waals surface area contributed by atoms with Crippen LogP contribution < -0.4 is 5.32 Å². The van der Waals surface area contributed by atoms with Crippen LogP contribution in [0, 0.1) is 0 Å². The van der Waals surface area contributed by atoms with Crippen LogP contribution in [0.5, 0.6) is 0 Å². The van der Waals surface area contributed by atoms with Gasteiger partial charge in [-0.25, -0.2) is 0 Å². The highest BCUT2D eigenvalue weighted by molar-refractivity contribution is 5.94. The van der Waals surface area contributed by atoms with Gasteiger partial charge >= 0.3 is 0 Å². The first-order chi connectivity index (χ1) is 16.5. The molecule has 0 aliphatic carbocycles. The van der Waals surface area contributed by atoms with Crippen LogP contribution in [0.15, 0.2) is 84.9 Å². The average molecular weight is 456 g/mol. The number of hydrogen-bond acceptors (Lipinski definition) is 3. The molecule has 6 nitrogen and oxygen atoms in total. The molecule has 6 heteroatoms. The highest BCUT2D eigenvalue weighted by Gasteiger charge is 2.35. The molecule has 34 heavy (non-hydrogen) atoms. The molecule has 1 aliphatic heterocycles. The van der Waals surface area contributed by atoms with Crippen LogP contribution in [0.2, 0.25) is 0 Å². The van der Waals surface area contributed by atoms with E-state index in [1.165, 1.54) is 0 Å². The number of hydrogen-bond donors (Lipinski definition) is 1. The minimum Gasteiger partial charge on any atom is -0.355 e.